The van der Waals surface area contributed by atoms with Gasteiger partial charge in [-0.25, -0.2) is 0 Å². The lowest BCUT2D eigenvalue weighted by atomic mass is 9.84. The van der Waals surface area contributed by atoms with Gasteiger partial charge in [-0.2, -0.15) is 0 Å². The minimum atomic E-state index is 0.633. The zero-order valence-corrected chi connectivity index (χ0v) is 11.8. The van der Waals surface area contributed by atoms with Gasteiger partial charge in [0.1, 0.15) is 0 Å². The van der Waals surface area contributed by atoms with E-state index in [1.807, 2.05) is 0 Å². The Morgan fingerprint density at radius 1 is 1.21 bits per heavy atom. The highest BCUT2D eigenvalue weighted by atomic mass is 14.9. The van der Waals surface area contributed by atoms with E-state index < -0.39 is 0 Å². The van der Waals surface area contributed by atoms with E-state index in [9.17, 15) is 0 Å². The summed E-state index contributed by atoms with van der Waals surface area (Å²) in [5.74, 6) is 0.874. The first-order valence-electron chi connectivity index (χ1n) is 7.63. The van der Waals surface area contributed by atoms with Gasteiger partial charge in [-0.3, -0.25) is 0 Å². The molecule has 2 aromatic rings. The molecule has 1 atom stereocenters. The molecule has 0 aliphatic heterocycles. The minimum Gasteiger partial charge on any atom is -0.361 e. The van der Waals surface area contributed by atoms with E-state index in [2.05, 4.69) is 47.7 Å². The molecule has 0 saturated heterocycles. The van der Waals surface area contributed by atoms with Crippen molar-refractivity contribution in [2.75, 3.05) is 0 Å². The lowest BCUT2D eigenvalue weighted by Crippen LogP contribution is -2.34. The second kappa shape index (κ2) is 5.79. The van der Waals surface area contributed by atoms with E-state index in [1.165, 1.54) is 48.6 Å². The number of aromatic amines is 1. The van der Waals surface area contributed by atoms with Gasteiger partial charge in [0.05, 0.1) is 0 Å². The average Bonchev–Trinajstić information content (AvgIpc) is 2.89. The molecule has 1 aliphatic rings. The zero-order valence-electron chi connectivity index (χ0n) is 11.8. The Kier molecular flexibility index (Phi) is 3.88. The first-order valence-corrected chi connectivity index (χ1v) is 7.63. The molecule has 1 aliphatic carbocycles. The molecule has 0 amide bonds. The fraction of sp³-hybridized carbons (Fsp3) is 0.529. The highest BCUT2D eigenvalue weighted by Crippen LogP contribution is 2.26. The van der Waals surface area contributed by atoms with Crippen LogP contribution in [-0.4, -0.2) is 11.0 Å². The smallest absolute Gasteiger partial charge is 0.0457 e. The number of rotatable bonds is 4. The molecule has 1 saturated carbocycles. The molecule has 0 bridgehead atoms. The molecule has 1 aromatic heterocycles. The highest BCUT2D eigenvalue weighted by Gasteiger charge is 2.19. The van der Waals surface area contributed by atoms with Crippen LogP contribution < -0.4 is 5.32 Å². The van der Waals surface area contributed by atoms with Crippen molar-refractivity contribution in [3.8, 4) is 0 Å². The molecule has 1 heterocycles. The molecular formula is C17H24N2. The maximum Gasteiger partial charge on any atom is 0.0457 e. The fourth-order valence-electron chi connectivity index (χ4n) is 3.35. The van der Waals surface area contributed by atoms with Gasteiger partial charge in [0.2, 0.25) is 0 Å². The number of hydrogen-bond donors (Lipinski definition) is 2. The van der Waals surface area contributed by atoms with E-state index >= 15 is 0 Å². The number of H-pyrrole nitrogens is 1. The monoisotopic (exact) mass is 256 g/mol. The minimum absolute atomic E-state index is 0.633. The van der Waals surface area contributed by atoms with Crippen LogP contribution in [0.1, 0.15) is 44.6 Å². The summed E-state index contributed by atoms with van der Waals surface area (Å²) >= 11 is 0. The maximum absolute atomic E-state index is 3.73. The number of nitrogens with one attached hydrogen (secondary N) is 2. The molecule has 19 heavy (non-hydrogen) atoms. The number of para-hydroxylation sites is 1. The molecule has 3 rings (SSSR count). The van der Waals surface area contributed by atoms with Crippen LogP contribution in [0.15, 0.2) is 30.5 Å². The molecular weight excluding hydrogens is 232 g/mol. The Bertz CT molecular complexity index is 523. The molecule has 1 fully saturated rings. The van der Waals surface area contributed by atoms with E-state index in [4.69, 9.17) is 0 Å². The third-order valence-electron chi connectivity index (χ3n) is 4.65. The van der Waals surface area contributed by atoms with Crippen LogP contribution in [0.4, 0.5) is 0 Å². The first-order chi connectivity index (χ1) is 9.34. The van der Waals surface area contributed by atoms with Gasteiger partial charge in [0.25, 0.3) is 0 Å². The van der Waals surface area contributed by atoms with Crippen molar-refractivity contribution in [3.05, 3.63) is 36.0 Å². The Hall–Kier alpha value is -1.28. The number of aromatic nitrogens is 1. The van der Waals surface area contributed by atoms with Gasteiger partial charge in [-0.05, 0) is 37.3 Å². The van der Waals surface area contributed by atoms with Crippen molar-refractivity contribution < 1.29 is 0 Å². The summed E-state index contributed by atoms with van der Waals surface area (Å²) in [5, 5.41) is 5.08. The summed E-state index contributed by atoms with van der Waals surface area (Å²) in [4.78, 5) is 3.35. The van der Waals surface area contributed by atoms with Gasteiger partial charge in [0, 0.05) is 29.7 Å². The third-order valence-corrected chi connectivity index (χ3v) is 4.65. The molecule has 2 heteroatoms. The second-order valence-corrected chi connectivity index (χ2v) is 5.93. The first kappa shape index (κ1) is 12.7. The van der Waals surface area contributed by atoms with Gasteiger partial charge in [-0.1, -0.05) is 37.5 Å². The van der Waals surface area contributed by atoms with Crippen molar-refractivity contribution >= 4 is 10.9 Å². The van der Waals surface area contributed by atoms with Gasteiger partial charge in [0.15, 0.2) is 0 Å². The topological polar surface area (TPSA) is 27.8 Å². The van der Waals surface area contributed by atoms with Gasteiger partial charge < -0.3 is 10.3 Å². The predicted molar refractivity (Wildman–Crippen MR) is 81.2 cm³/mol. The van der Waals surface area contributed by atoms with Crippen molar-refractivity contribution in [3.63, 3.8) is 0 Å². The summed E-state index contributed by atoms with van der Waals surface area (Å²) < 4.78 is 0. The lowest BCUT2D eigenvalue weighted by molar-refractivity contribution is 0.281. The van der Waals surface area contributed by atoms with Crippen LogP contribution >= 0.6 is 0 Å². The number of fused-ring (bicyclic) bond motifs is 1. The molecule has 2 nitrogen and oxygen atoms in total. The highest BCUT2D eigenvalue weighted by molar-refractivity contribution is 5.82. The van der Waals surface area contributed by atoms with Crippen LogP contribution in [0.3, 0.4) is 0 Å². The molecule has 2 N–H and O–H groups in total. The predicted octanol–water partition coefficient (Wildman–Crippen LogP) is 4.23. The Morgan fingerprint density at radius 2 is 2.00 bits per heavy atom. The summed E-state index contributed by atoms with van der Waals surface area (Å²) in [6.45, 7) is 3.33. The van der Waals surface area contributed by atoms with Crippen molar-refractivity contribution in [2.24, 2.45) is 5.92 Å². The zero-order chi connectivity index (χ0) is 13.1. The van der Waals surface area contributed by atoms with Crippen LogP contribution in [0.25, 0.3) is 10.9 Å². The van der Waals surface area contributed by atoms with E-state index in [0.29, 0.717) is 6.04 Å². The Balaban J connectivity index is 1.62. The maximum atomic E-state index is 3.73. The molecule has 1 aromatic carbocycles. The van der Waals surface area contributed by atoms with Crippen LogP contribution in [0.2, 0.25) is 0 Å². The molecule has 0 unspecified atom stereocenters. The summed E-state index contributed by atoms with van der Waals surface area (Å²) in [6, 6.07) is 9.18. The largest absolute Gasteiger partial charge is 0.361 e. The van der Waals surface area contributed by atoms with E-state index in [1.54, 1.807) is 0 Å². The number of benzene rings is 1. The summed E-state index contributed by atoms with van der Waals surface area (Å²) in [7, 11) is 0. The Morgan fingerprint density at radius 3 is 2.84 bits per heavy atom. The third kappa shape index (κ3) is 2.84. The summed E-state index contributed by atoms with van der Waals surface area (Å²) in [5.41, 5.74) is 2.63. The van der Waals surface area contributed by atoms with Gasteiger partial charge >= 0.3 is 0 Å². The molecule has 102 valence electrons. The SMILES string of the molecule is C[C@@H](NCc1c[nH]c2ccccc12)C1CCCCC1. The quantitative estimate of drug-likeness (QED) is 0.842. The fourth-order valence-corrected chi connectivity index (χ4v) is 3.35. The Labute approximate surface area is 115 Å². The van der Waals surface area contributed by atoms with E-state index in [-0.39, 0.29) is 0 Å². The van der Waals surface area contributed by atoms with E-state index in [0.717, 1.165) is 12.5 Å². The number of hydrogen-bond acceptors (Lipinski definition) is 1. The standard InChI is InChI=1S/C17H24N2/c1-13(14-7-3-2-4-8-14)18-11-15-12-19-17-10-6-5-9-16(15)17/h5-6,9-10,12-14,18-19H,2-4,7-8,11H2,1H3/t13-/m1/s1. The second-order valence-electron chi connectivity index (χ2n) is 5.93. The average molecular weight is 256 g/mol. The van der Waals surface area contributed by atoms with Gasteiger partial charge in [-0.15, -0.1) is 0 Å². The normalized spacial score (nSPS) is 18.8. The van der Waals surface area contributed by atoms with Crippen LogP contribution in [0.5, 0.6) is 0 Å². The van der Waals surface area contributed by atoms with Crippen LogP contribution in [0, 0.1) is 5.92 Å². The van der Waals surface area contributed by atoms with Crippen LogP contribution in [-0.2, 0) is 6.54 Å². The molecule has 0 radical (unpaired) electrons. The molecule has 0 spiro atoms. The lowest BCUT2D eigenvalue weighted by Gasteiger charge is -2.28. The van der Waals surface area contributed by atoms with Crippen molar-refractivity contribution in [2.45, 2.75) is 51.6 Å². The van der Waals surface area contributed by atoms with Crippen molar-refractivity contribution in [1.29, 1.82) is 0 Å². The van der Waals surface area contributed by atoms with Crippen molar-refractivity contribution in [1.82, 2.24) is 10.3 Å². The summed E-state index contributed by atoms with van der Waals surface area (Å²) in [6.07, 6.45) is 9.23.